The highest BCUT2D eigenvalue weighted by atomic mass is 32.2. The lowest BCUT2D eigenvalue weighted by atomic mass is 10.1. The summed E-state index contributed by atoms with van der Waals surface area (Å²) >= 11 is 0. The smallest absolute Gasteiger partial charge is 0.241 e. The molecular formula is C22H25N5O4S. The fourth-order valence-corrected chi connectivity index (χ4v) is 4.34. The number of nitrogens with zero attached hydrogens (tertiary/aromatic N) is 2. The van der Waals surface area contributed by atoms with Gasteiger partial charge in [-0.15, -0.1) is 0 Å². The van der Waals surface area contributed by atoms with Gasteiger partial charge in [0.25, 0.3) is 0 Å². The lowest BCUT2D eigenvalue weighted by Crippen LogP contribution is -2.46. The van der Waals surface area contributed by atoms with Crippen molar-refractivity contribution in [1.29, 1.82) is 0 Å². The first-order valence-electron chi connectivity index (χ1n) is 9.90. The highest BCUT2D eigenvalue weighted by Gasteiger charge is 2.26. The third-order valence-corrected chi connectivity index (χ3v) is 6.30. The van der Waals surface area contributed by atoms with Gasteiger partial charge < -0.3 is 15.2 Å². The maximum Gasteiger partial charge on any atom is 0.241 e. The molecule has 0 aliphatic carbocycles. The molecule has 10 heteroatoms. The van der Waals surface area contributed by atoms with E-state index >= 15 is 0 Å². The second-order valence-electron chi connectivity index (χ2n) is 7.30. The molecule has 9 nitrogen and oxygen atoms in total. The molecule has 0 aliphatic heterocycles. The number of imidazole rings is 1. The second kappa shape index (κ2) is 9.75. The number of hydrogen-bond donors (Lipinski definition) is 3. The van der Waals surface area contributed by atoms with Crippen LogP contribution in [0.3, 0.4) is 0 Å². The summed E-state index contributed by atoms with van der Waals surface area (Å²) in [7, 11) is -2.14. The first-order chi connectivity index (χ1) is 15.2. The molecule has 0 fully saturated rings. The van der Waals surface area contributed by atoms with E-state index in [4.69, 9.17) is 0 Å². The zero-order valence-corrected chi connectivity index (χ0v) is 18.8. The Morgan fingerprint density at radius 2 is 1.69 bits per heavy atom. The predicted octanol–water partition coefficient (Wildman–Crippen LogP) is 1.95. The van der Waals surface area contributed by atoms with Crippen LogP contribution in [0, 0.1) is 0 Å². The van der Waals surface area contributed by atoms with Crippen molar-refractivity contribution < 1.29 is 18.0 Å². The molecule has 2 atom stereocenters. The molecule has 3 rings (SSSR count). The second-order valence-corrected chi connectivity index (χ2v) is 9.01. The molecule has 3 N–H and O–H groups in total. The summed E-state index contributed by atoms with van der Waals surface area (Å²) in [6.07, 6.45) is 3.41. The predicted molar refractivity (Wildman–Crippen MR) is 120 cm³/mol. The molecule has 0 aliphatic rings. The van der Waals surface area contributed by atoms with Gasteiger partial charge in [0.15, 0.2) is 0 Å². The van der Waals surface area contributed by atoms with Crippen LogP contribution in [-0.2, 0) is 26.7 Å². The van der Waals surface area contributed by atoms with E-state index in [0.717, 1.165) is 5.56 Å². The summed E-state index contributed by atoms with van der Waals surface area (Å²) in [5, 5.41) is 5.46. The van der Waals surface area contributed by atoms with E-state index in [0.29, 0.717) is 11.5 Å². The van der Waals surface area contributed by atoms with Gasteiger partial charge >= 0.3 is 0 Å². The molecule has 0 saturated carbocycles. The number of hydrogen-bond acceptors (Lipinski definition) is 5. The number of anilines is 1. The fourth-order valence-electron chi connectivity index (χ4n) is 3.14. The first-order valence-corrected chi connectivity index (χ1v) is 11.4. The van der Waals surface area contributed by atoms with Gasteiger partial charge in [-0.25, -0.2) is 13.4 Å². The molecule has 1 aromatic heterocycles. The highest BCUT2D eigenvalue weighted by Crippen LogP contribution is 2.20. The van der Waals surface area contributed by atoms with Gasteiger partial charge in [-0.3, -0.25) is 9.59 Å². The zero-order valence-electron chi connectivity index (χ0n) is 17.9. The molecule has 0 spiro atoms. The van der Waals surface area contributed by atoms with Crippen molar-refractivity contribution >= 4 is 27.5 Å². The normalized spacial score (nSPS) is 13.2. The number of aryl methyl sites for hydroxylation is 1. The number of carbonyl (C=O) groups excluding carboxylic acids is 2. The minimum atomic E-state index is -3.96. The van der Waals surface area contributed by atoms with Crippen LogP contribution in [0.1, 0.15) is 31.3 Å². The number of carbonyl (C=O) groups is 2. The van der Waals surface area contributed by atoms with Crippen molar-refractivity contribution in [3.63, 3.8) is 0 Å². The summed E-state index contributed by atoms with van der Waals surface area (Å²) in [5.74, 6) is -0.141. The Balaban J connectivity index is 1.75. The summed E-state index contributed by atoms with van der Waals surface area (Å²) in [4.78, 5) is 28.3. The van der Waals surface area contributed by atoms with Gasteiger partial charge in [-0.2, -0.15) is 4.72 Å². The maximum absolute atomic E-state index is 12.9. The van der Waals surface area contributed by atoms with E-state index in [1.54, 1.807) is 17.0 Å². The fraction of sp³-hybridized carbons (Fsp3) is 0.227. The standard InChI is InChI=1S/C22H25N5O4S/c1-15(26-32(30,31)19-11-9-18(10-12-19)24-16(2)28)22(29)25-20(17-7-5-4-6-8-17)21-23-13-14-27(21)3/h4-15,20,26H,1-3H3,(H,24,28)(H,25,29)/t15-,20?/m0/s1. The summed E-state index contributed by atoms with van der Waals surface area (Å²) in [5.41, 5.74) is 1.29. The molecule has 0 bridgehead atoms. The van der Waals surface area contributed by atoms with Crippen molar-refractivity contribution in [2.75, 3.05) is 5.32 Å². The van der Waals surface area contributed by atoms with E-state index in [-0.39, 0.29) is 10.8 Å². The third-order valence-electron chi connectivity index (χ3n) is 4.75. The monoisotopic (exact) mass is 455 g/mol. The molecule has 2 amide bonds. The first kappa shape index (κ1) is 23.2. The third kappa shape index (κ3) is 5.59. The van der Waals surface area contributed by atoms with Crippen molar-refractivity contribution in [2.45, 2.75) is 30.8 Å². The van der Waals surface area contributed by atoms with Crippen LogP contribution >= 0.6 is 0 Å². The van der Waals surface area contributed by atoms with Gasteiger partial charge in [-0.1, -0.05) is 30.3 Å². The average molecular weight is 456 g/mol. The van der Waals surface area contributed by atoms with Gasteiger partial charge in [0.1, 0.15) is 11.9 Å². The quantitative estimate of drug-likeness (QED) is 0.479. The maximum atomic E-state index is 12.9. The van der Waals surface area contributed by atoms with Gasteiger partial charge in [0.2, 0.25) is 21.8 Å². The number of nitrogens with one attached hydrogen (secondary N) is 3. The van der Waals surface area contributed by atoms with Crippen LogP contribution in [0.25, 0.3) is 0 Å². The SMILES string of the molecule is CC(=O)Nc1ccc(S(=O)(=O)N[C@@H](C)C(=O)NC(c2ccccc2)c2nccn2C)cc1. The van der Waals surface area contributed by atoms with E-state index in [1.807, 2.05) is 37.4 Å². The summed E-state index contributed by atoms with van der Waals surface area (Å²) in [6, 6.07) is 13.4. The van der Waals surface area contributed by atoms with Gasteiger partial charge in [-0.05, 0) is 36.8 Å². The van der Waals surface area contributed by atoms with Crippen molar-refractivity contribution in [1.82, 2.24) is 19.6 Å². The number of sulfonamides is 1. The molecule has 0 radical (unpaired) electrons. The summed E-state index contributed by atoms with van der Waals surface area (Å²) < 4.78 is 29.6. The largest absolute Gasteiger partial charge is 0.341 e. The number of aromatic nitrogens is 2. The number of rotatable bonds is 8. The van der Waals surface area contributed by atoms with Gasteiger partial charge in [0.05, 0.1) is 10.9 Å². The Morgan fingerprint density at radius 3 is 2.25 bits per heavy atom. The Hall–Kier alpha value is -3.50. The van der Waals surface area contributed by atoms with E-state index in [2.05, 4.69) is 20.3 Å². The highest BCUT2D eigenvalue weighted by molar-refractivity contribution is 7.89. The van der Waals surface area contributed by atoms with Crippen molar-refractivity contribution in [3.8, 4) is 0 Å². The molecule has 168 valence electrons. The molecule has 3 aromatic rings. The van der Waals surface area contributed by atoms with Crippen LogP contribution in [0.15, 0.2) is 71.9 Å². The molecule has 1 unspecified atom stereocenters. The topological polar surface area (TPSA) is 122 Å². The Morgan fingerprint density at radius 1 is 1.03 bits per heavy atom. The molecule has 2 aromatic carbocycles. The molecule has 1 heterocycles. The van der Waals surface area contributed by atoms with E-state index in [1.165, 1.54) is 38.1 Å². The number of benzene rings is 2. The van der Waals surface area contributed by atoms with Crippen LogP contribution in [-0.4, -0.2) is 35.8 Å². The number of amides is 2. The van der Waals surface area contributed by atoms with Crippen LogP contribution < -0.4 is 15.4 Å². The molecular weight excluding hydrogens is 430 g/mol. The van der Waals surface area contributed by atoms with Crippen molar-refractivity contribution in [3.05, 3.63) is 78.4 Å². The van der Waals surface area contributed by atoms with Crippen molar-refractivity contribution in [2.24, 2.45) is 7.05 Å². The zero-order chi connectivity index (χ0) is 23.3. The van der Waals surface area contributed by atoms with Crippen LogP contribution in [0.5, 0.6) is 0 Å². The average Bonchev–Trinajstić information content (AvgIpc) is 3.17. The van der Waals surface area contributed by atoms with Gasteiger partial charge in [0, 0.05) is 32.1 Å². The van der Waals surface area contributed by atoms with Crippen LogP contribution in [0.4, 0.5) is 5.69 Å². The minimum Gasteiger partial charge on any atom is -0.341 e. The summed E-state index contributed by atoms with van der Waals surface area (Å²) in [6.45, 7) is 2.83. The van der Waals surface area contributed by atoms with E-state index in [9.17, 15) is 18.0 Å². The lowest BCUT2D eigenvalue weighted by molar-refractivity contribution is -0.123. The van der Waals surface area contributed by atoms with Crippen LogP contribution in [0.2, 0.25) is 0 Å². The van der Waals surface area contributed by atoms with E-state index < -0.39 is 28.0 Å². The lowest BCUT2D eigenvalue weighted by Gasteiger charge is -2.22. The Labute approximate surface area is 186 Å². The Kier molecular flexibility index (Phi) is 7.06. The molecule has 32 heavy (non-hydrogen) atoms. The Bertz CT molecular complexity index is 1190. The molecule has 0 saturated heterocycles. The minimum absolute atomic E-state index is 0.0186.